The quantitative estimate of drug-likeness (QED) is 0.501. The molecule has 0 spiro atoms. The van der Waals surface area contributed by atoms with Crippen molar-refractivity contribution in [2.24, 2.45) is 11.8 Å². The molecule has 2 aliphatic rings. The minimum absolute atomic E-state index is 0.0608. The van der Waals surface area contributed by atoms with Crippen LogP contribution in [-0.2, 0) is 4.79 Å². The molecule has 2 aliphatic carbocycles. The fraction of sp³-hybridized carbons (Fsp3) is 0.583. The summed E-state index contributed by atoms with van der Waals surface area (Å²) in [6.45, 7) is 0. The number of rotatable bonds is 0. The van der Waals surface area contributed by atoms with Crippen molar-refractivity contribution in [3.63, 3.8) is 0 Å². The molecule has 2 fully saturated rings. The second-order valence-electron chi connectivity index (χ2n) is 4.48. The van der Waals surface area contributed by atoms with Gasteiger partial charge in [0.15, 0.2) is 0 Å². The van der Waals surface area contributed by atoms with Crippen LogP contribution < -0.4 is 0 Å². The zero-order valence-electron chi connectivity index (χ0n) is 8.99. The van der Waals surface area contributed by atoms with Crippen molar-refractivity contribution in [1.29, 1.82) is 10.5 Å². The molecule has 0 heterocycles. The number of Topliss-reactive ketones (excluding diaryl/α,β-unsaturated/α-hetero) is 1. The highest BCUT2D eigenvalue weighted by Crippen LogP contribution is 2.47. The minimum atomic E-state index is -0.200. The number of nitrogens with zero attached hydrogens (tertiary/aromatic N) is 2. The minimum Gasteiger partial charge on any atom is -0.299 e. The lowest BCUT2D eigenvalue weighted by Crippen LogP contribution is -2.33. The van der Waals surface area contributed by atoms with E-state index >= 15 is 0 Å². The third-order valence-corrected chi connectivity index (χ3v) is 4.70. The fourth-order valence-electron chi connectivity index (χ4n) is 2.74. The van der Waals surface area contributed by atoms with Gasteiger partial charge >= 0.3 is 0 Å². The first-order chi connectivity index (χ1) is 8.08. The van der Waals surface area contributed by atoms with Crippen molar-refractivity contribution >= 4 is 29.0 Å². The summed E-state index contributed by atoms with van der Waals surface area (Å²) in [5.41, 5.74) is 0.738. The monoisotopic (exact) mass is 268 g/mol. The Balaban J connectivity index is 2.37. The Morgan fingerprint density at radius 3 is 2.18 bits per heavy atom. The van der Waals surface area contributed by atoms with Gasteiger partial charge in [-0.15, -0.1) is 23.2 Å². The molecule has 0 saturated heterocycles. The Morgan fingerprint density at radius 1 is 1.12 bits per heavy atom. The number of nitriles is 2. The SMILES string of the molecule is N#CC(C#N)=C1CC(=O)C2CC(Cl)C(Cl)CC12. The number of carbonyl (C=O) groups is 1. The molecular weight excluding hydrogens is 259 g/mol. The van der Waals surface area contributed by atoms with Crippen LogP contribution in [0.4, 0.5) is 0 Å². The van der Waals surface area contributed by atoms with Crippen LogP contribution in [0.15, 0.2) is 11.1 Å². The lowest BCUT2D eigenvalue weighted by molar-refractivity contribution is -0.121. The molecule has 4 atom stereocenters. The maximum Gasteiger partial charge on any atom is 0.140 e. The first-order valence-corrected chi connectivity index (χ1v) is 6.29. The molecular formula is C12H10Cl2N2O. The Kier molecular flexibility index (Phi) is 3.43. The highest BCUT2D eigenvalue weighted by molar-refractivity contribution is 6.30. The number of halogens is 2. The smallest absolute Gasteiger partial charge is 0.140 e. The summed E-state index contributed by atoms with van der Waals surface area (Å²) in [4.78, 5) is 11.9. The van der Waals surface area contributed by atoms with Gasteiger partial charge in [0.05, 0.1) is 10.8 Å². The van der Waals surface area contributed by atoms with E-state index in [2.05, 4.69) is 0 Å². The van der Waals surface area contributed by atoms with Crippen LogP contribution in [0.3, 0.4) is 0 Å². The normalized spacial score (nSPS) is 36.0. The van der Waals surface area contributed by atoms with E-state index in [1.807, 2.05) is 12.1 Å². The molecule has 88 valence electrons. The molecule has 3 nitrogen and oxygen atoms in total. The van der Waals surface area contributed by atoms with Crippen molar-refractivity contribution in [2.75, 3.05) is 0 Å². The molecule has 0 bridgehead atoms. The van der Waals surface area contributed by atoms with Gasteiger partial charge in [-0.2, -0.15) is 10.5 Å². The third kappa shape index (κ3) is 2.06. The van der Waals surface area contributed by atoms with Gasteiger partial charge in [0.1, 0.15) is 23.5 Å². The molecule has 17 heavy (non-hydrogen) atoms. The predicted octanol–water partition coefficient (Wildman–Crippen LogP) is 2.54. The third-order valence-electron chi connectivity index (χ3n) is 3.61. The number of ketones is 1. The number of carbonyl (C=O) groups excluding carboxylic acids is 1. The van der Waals surface area contributed by atoms with Crippen LogP contribution >= 0.6 is 23.2 Å². The van der Waals surface area contributed by atoms with Crippen LogP contribution in [0.25, 0.3) is 0 Å². The van der Waals surface area contributed by atoms with E-state index in [4.69, 9.17) is 33.7 Å². The number of hydrogen-bond donors (Lipinski definition) is 0. The fourth-order valence-corrected chi connectivity index (χ4v) is 3.33. The molecule has 0 amide bonds. The zero-order chi connectivity index (χ0) is 12.6. The average molecular weight is 269 g/mol. The van der Waals surface area contributed by atoms with E-state index in [0.29, 0.717) is 18.4 Å². The number of hydrogen-bond acceptors (Lipinski definition) is 3. The number of fused-ring (bicyclic) bond motifs is 1. The zero-order valence-corrected chi connectivity index (χ0v) is 10.5. The van der Waals surface area contributed by atoms with Crippen LogP contribution in [-0.4, -0.2) is 16.5 Å². The molecule has 0 N–H and O–H groups in total. The Hall–Kier alpha value is -1.03. The summed E-state index contributed by atoms with van der Waals surface area (Å²) >= 11 is 12.2. The van der Waals surface area contributed by atoms with E-state index in [1.54, 1.807) is 0 Å². The second-order valence-corrected chi connectivity index (χ2v) is 5.60. The van der Waals surface area contributed by atoms with Crippen LogP contribution in [0.2, 0.25) is 0 Å². The van der Waals surface area contributed by atoms with E-state index in [-0.39, 0.29) is 40.4 Å². The average Bonchev–Trinajstić information content (AvgIpc) is 2.60. The summed E-state index contributed by atoms with van der Waals surface area (Å²) in [5.74, 6) is -0.129. The number of alkyl halides is 2. The van der Waals surface area contributed by atoms with Crippen molar-refractivity contribution in [2.45, 2.75) is 30.0 Å². The topological polar surface area (TPSA) is 64.7 Å². The standard InChI is InChI=1S/C12H10Cl2N2O/c13-10-1-8-7(6(4-15)5-16)3-12(17)9(8)2-11(10)14/h8-11H,1-3H2. The molecule has 0 radical (unpaired) electrons. The molecule has 2 saturated carbocycles. The van der Waals surface area contributed by atoms with Gasteiger partial charge in [-0.25, -0.2) is 0 Å². The molecule has 0 aromatic rings. The van der Waals surface area contributed by atoms with Gasteiger partial charge in [0.25, 0.3) is 0 Å². The summed E-state index contributed by atoms with van der Waals surface area (Å²) in [5, 5.41) is 17.4. The Labute approximate surface area is 110 Å². The molecule has 0 aliphatic heterocycles. The van der Waals surface area contributed by atoms with E-state index in [1.165, 1.54) is 0 Å². The molecule has 2 rings (SSSR count). The molecule has 0 aromatic carbocycles. The van der Waals surface area contributed by atoms with Gasteiger partial charge in [-0.05, 0) is 24.3 Å². The van der Waals surface area contributed by atoms with Crippen LogP contribution in [0, 0.1) is 34.5 Å². The molecule has 0 aromatic heterocycles. The largest absolute Gasteiger partial charge is 0.299 e. The summed E-state index contributed by atoms with van der Waals surface area (Å²) in [6.07, 6.45) is 1.33. The van der Waals surface area contributed by atoms with Gasteiger partial charge in [-0.3, -0.25) is 4.79 Å². The summed E-state index contributed by atoms with van der Waals surface area (Å²) in [6, 6.07) is 3.73. The van der Waals surface area contributed by atoms with Crippen molar-refractivity contribution in [3.8, 4) is 12.1 Å². The maximum atomic E-state index is 11.9. The summed E-state index contributed by atoms with van der Waals surface area (Å²) < 4.78 is 0. The lowest BCUT2D eigenvalue weighted by Gasteiger charge is -2.31. The van der Waals surface area contributed by atoms with E-state index in [0.717, 1.165) is 0 Å². The second kappa shape index (κ2) is 4.69. The lowest BCUT2D eigenvalue weighted by atomic mass is 9.78. The van der Waals surface area contributed by atoms with Crippen molar-refractivity contribution in [3.05, 3.63) is 11.1 Å². The van der Waals surface area contributed by atoms with E-state index in [9.17, 15) is 4.79 Å². The Bertz CT molecular complexity index is 456. The Morgan fingerprint density at radius 2 is 1.65 bits per heavy atom. The van der Waals surface area contributed by atoms with E-state index < -0.39 is 0 Å². The van der Waals surface area contributed by atoms with Crippen LogP contribution in [0.5, 0.6) is 0 Å². The molecule has 5 heteroatoms. The van der Waals surface area contributed by atoms with Crippen molar-refractivity contribution < 1.29 is 4.79 Å². The van der Waals surface area contributed by atoms with Crippen molar-refractivity contribution in [1.82, 2.24) is 0 Å². The van der Waals surface area contributed by atoms with Crippen LogP contribution in [0.1, 0.15) is 19.3 Å². The van der Waals surface area contributed by atoms with Gasteiger partial charge in [0.2, 0.25) is 0 Å². The maximum absolute atomic E-state index is 11.9. The van der Waals surface area contributed by atoms with Gasteiger partial charge < -0.3 is 0 Å². The predicted molar refractivity (Wildman–Crippen MR) is 63.4 cm³/mol. The van der Waals surface area contributed by atoms with Gasteiger partial charge in [-0.1, -0.05) is 0 Å². The van der Waals surface area contributed by atoms with Gasteiger partial charge in [0, 0.05) is 12.3 Å². The first kappa shape index (κ1) is 12.4. The summed E-state index contributed by atoms with van der Waals surface area (Å²) in [7, 11) is 0. The highest BCUT2D eigenvalue weighted by Gasteiger charge is 2.46. The number of allylic oxidation sites excluding steroid dienone is 2. The first-order valence-electron chi connectivity index (χ1n) is 5.42. The highest BCUT2D eigenvalue weighted by atomic mass is 35.5. The molecule has 4 unspecified atom stereocenters.